The van der Waals surface area contributed by atoms with Crippen molar-refractivity contribution in [2.24, 2.45) is 5.92 Å². The lowest BCUT2D eigenvalue weighted by atomic mass is 10.1. The van der Waals surface area contributed by atoms with Crippen molar-refractivity contribution >= 4 is 5.91 Å². The fraction of sp³-hybridized carbons (Fsp3) is 0.588. The fourth-order valence-electron chi connectivity index (χ4n) is 3.60. The Balaban J connectivity index is 1.87. The lowest BCUT2D eigenvalue weighted by molar-refractivity contribution is -0.132. The van der Waals surface area contributed by atoms with Crippen LogP contribution in [0.4, 0.5) is 0 Å². The number of nitrogens with zero attached hydrogens (tertiary/aromatic N) is 1. The van der Waals surface area contributed by atoms with E-state index in [1.807, 2.05) is 30.3 Å². The molecule has 2 unspecified atom stereocenters. The largest absolute Gasteiger partial charge is 0.322 e. The molecule has 2 fully saturated rings. The summed E-state index contributed by atoms with van der Waals surface area (Å²) in [5.74, 6) is 0.704. The van der Waals surface area contributed by atoms with Gasteiger partial charge in [0.2, 0.25) is 5.91 Å². The Labute approximate surface area is 121 Å². The van der Waals surface area contributed by atoms with Gasteiger partial charge in [-0.2, -0.15) is 0 Å². The molecule has 2 aliphatic rings. The summed E-state index contributed by atoms with van der Waals surface area (Å²) in [5.41, 5.74) is 1.09. The van der Waals surface area contributed by atoms with E-state index < -0.39 is 0 Å². The molecule has 1 aliphatic heterocycles. The molecular weight excluding hydrogens is 248 g/mol. The molecule has 2 atom stereocenters. The highest BCUT2D eigenvalue weighted by Crippen LogP contribution is 2.34. The summed E-state index contributed by atoms with van der Waals surface area (Å²) < 4.78 is 0. The maximum Gasteiger partial charge on any atom is 0.245 e. The molecule has 1 heterocycles. The van der Waals surface area contributed by atoms with Gasteiger partial charge in [0, 0.05) is 6.04 Å². The molecule has 3 heteroatoms. The molecular formula is C17H24N2O. The minimum atomic E-state index is -0.163. The second-order valence-corrected chi connectivity index (χ2v) is 6.38. The number of amides is 1. The molecule has 1 aromatic carbocycles. The molecule has 3 nitrogen and oxygen atoms in total. The standard InChI is InChI=1S/C17H24N2O/c1-12(2)16-18-15(13-8-4-3-5-9-13)17(20)19(16)14-10-6-7-11-14/h3-5,8-9,12,14-16,18H,6-7,10-11H2,1-2H3. The Kier molecular flexibility index (Phi) is 3.79. The normalized spacial score (nSPS) is 27.8. The van der Waals surface area contributed by atoms with Crippen LogP contribution in [0, 0.1) is 5.92 Å². The molecule has 1 aromatic rings. The SMILES string of the molecule is CC(C)C1NC(c2ccccc2)C(=O)N1C1CCCC1. The summed E-state index contributed by atoms with van der Waals surface area (Å²) >= 11 is 0. The highest BCUT2D eigenvalue weighted by Gasteiger charge is 2.44. The van der Waals surface area contributed by atoms with Gasteiger partial charge < -0.3 is 4.90 Å². The zero-order chi connectivity index (χ0) is 14.1. The van der Waals surface area contributed by atoms with Gasteiger partial charge in [0.25, 0.3) is 0 Å². The van der Waals surface area contributed by atoms with Gasteiger partial charge >= 0.3 is 0 Å². The first-order valence-corrected chi connectivity index (χ1v) is 7.81. The third-order valence-electron chi connectivity index (χ3n) is 4.62. The van der Waals surface area contributed by atoms with Crippen molar-refractivity contribution in [2.75, 3.05) is 0 Å². The quantitative estimate of drug-likeness (QED) is 0.917. The highest BCUT2D eigenvalue weighted by atomic mass is 16.2. The van der Waals surface area contributed by atoms with E-state index in [1.54, 1.807) is 0 Å². The number of rotatable bonds is 3. The number of benzene rings is 1. The van der Waals surface area contributed by atoms with Crippen LogP contribution in [0.2, 0.25) is 0 Å². The van der Waals surface area contributed by atoms with Gasteiger partial charge in [-0.1, -0.05) is 57.0 Å². The van der Waals surface area contributed by atoms with Crippen LogP contribution < -0.4 is 5.32 Å². The second kappa shape index (κ2) is 5.57. The lowest BCUT2D eigenvalue weighted by Gasteiger charge is -2.32. The van der Waals surface area contributed by atoms with Crippen LogP contribution in [0.1, 0.15) is 51.1 Å². The number of carbonyl (C=O) groups is 1. The van der Waals surface area contributed by atoms with Gasteiger partial charge in [0.1, 0.15) is 6.04 Å². The summed E-state index contributed by atoms with van der Waals surface area (Å²) in [5, 5.41) is 3.56. The van der Waals surface area contributed by atoms with E-state index in [-0.39, 0.29) is 18.1 Å². The highest BCUT2D eigenvalue weighted by molar-refractivity contribution is 5.86. The van der Waals surface area contributed by atoms with Crippen molar-refractivity contribution in [2.45, 2.75) is 57.8 Å². The Morgan fingerprint density at radius 3 is 2.40 bits per heavy atom. The van der Waals surface area contributed by atoms with Gasteiger partial charge in [0.15, 0.2) is 0 Å². The molecule has 0 bridgehead atoms. The Hall–Kier alpha value is -1.35. The van der Waals surface area contributed by atoms with E-state index >= 15 is 0 Å². The van der Waals surface area contributed by atoms with Crippen LogP contribution in [0.15, 0.2) is 30.3 Å². The first-order valence-electron chi connectivity index (χ1n) is 7.81. The molecule has 0 radical (unpaired) electrons. The van der Waals surface area contributed by atoms with E-state index in [0.717, 1.165) is 18.4 Å². The van der Waals surface area contributed by atoms with E-state index in [9.17, 15) is 4.79 Å². The maximum absolute atomic E-state index is 12.9. The average Bonchev–Trinajstić information content (AvgIpc) is 3.06. The smallest absolute Gasteiger partial charge is 0.245 e. The third kappa shape index (κ3) is 2.35. The van der Waals surface area contributed by atoms with Crippen LogP contribution in [-0.2, 0) is 4.79 Å². The van der Waals surface area contributed by atoms with Crippen molar-refractivity contribution in [3.8, 4) is 0 Å². The molecule has 20 heavy (non-hydrogen) atoms. The maximum atomic E-state index is 12.9. The number of carbonyl (C=O) groups excluding carboxylic acids is 1. The summed E-state index contributed by atoms with van der Waals surface area (Å²) in [4.78, 5) is 15.0. The van der Waals surface area contributed by atoms with Crippen molar-refractivity contribution in [1.29, 1.82) is 0 Å². The molecule has 1 amide bonds. The van der Waals surface area contributed by atoms with Crippen LogP contribution in [0.25, 0.3) is 0 Å². The first kappa shape index (κ1) is 13.6. The van der Waals surface area contributed by atoms with Gasteiger partial charge in [-0.05, 0) is 24.3 Å². The van der Waals surface area contributed by atoms with Crippen LogP contribution >= 0.6 is 0 Å². The Bertz CT molecular complexity index is 465. The molecule has 108 valence electrons. The molecule has 1 saturated heterocycles. The monoisotopic (exact) mass is 272 g/mol. The van der Waals surface area contributed by atoms with Gasteiger partial charge in [-0.25, -0.2) is 0 Å². The average molecular weight is 272 g/mol. The number of nitrogens with one attached hydrogen (secondary N) is 1. The van der Waals surface area contributed by atoms with E-state index in [4.69, 9.17) is 0 Å². The van der Waals surface area contributed by atoms with Crippen LogP contribution in [0.3, 0.4) is 0 Å². The molecule has 1 aliphatic carbocycles. The summed E-state index contributed by atoms with van der Waals surface area (Å²) in [6.45, 7) is 4.39. The fourth-order valence-corrected chi connectivity index (χ4v) is 3.60. The summed E-state index contributed by atoms with van der Waals surface area (Å²) in [6, 6.07) is 10.4. The summed E-state index contributed by atoms with van der Waals surface area (Å²) in [6.07, 6.45) is 5.02. The molecule has 1 saturated carbocycles. The van der Waals surface area contributed by atoms with E-state index in [1.165, 1.54) is 12.8 Å². The third-order valence-corrected chi connectivity index (χ3v) is 4.62. The zero-order valence-corrected chi connectivity index (χ0v) is 12.4. The number of hydrogen-bond donors (Lipinski definition) is 1. The molecule has 1 N–H and O–H groups in total. The van der Waals surface area contributed by atoms with E-state index in [0.29, 0.717) is 12.0 Å². The van der Waals surface area contributed by atoms with Gasteiger partial charge in [0.05, 0.1) is 6.17 Å². The molecule has 3 rings (SSSR count). The Morgan fingerprint density at radius 1 is 1.15 bits per heavy atom. The zero-order valence-electron chi connectivity index (χ0n) is 12.4. The topological polar surface area (TPSA) is 32.3 Å². The predicted octanol–water partition coefficient (Wildman–Crippen LogP) is 3.08. The van der Waals surface area contributed by atoms with Gasteiger partial charge in [-0.15, -0.1) is 0 Å². The van der Waals surface area contributed by atoms with Crippen molar-refractivity contribution in [3.05, 3.63) is 35.9 Å². The number of hydrogen-bond acceptors (Lipinski definition) is 2. The van der Waals surface area contributed by atoms with Crippen molar-refractivity contribution in [3.63, 3.8) is 0 Å². The van der Waals surface area contributed by atoms with Crippen molar-refractivity contribution < 1.29 is 4.79 Å². The predicted molar refractivity (Wildman–Crippen MR) is 80.0 cm³/mol. The van der Waals surface area contributed by atoms with E-state index in [2.05, 4.69) is 24.1 Å². The minimum absolute atomic E-state index is 0.163. The lowest BCUT2D eigenvalue weighted by Crippen LogP contribution is -2.46. The molecule has 0 spiro atoms. The summed E-state index contributed by atoms with van der Waals surface area (Å²) in [7, 11) is 0. The Morgan fingerprint density at radius 2 is 1.80 bits per heavy atom. The van der Waals surface area contributed by atoms with Crippen LogP contribution in [-0.4, -0.2) is 23.0 Å². The van der Waals surface area contributed by atoms with Gasteiger partial charge in [-0.3, -0.25) is 10.1 Å². The first-order chi connectivity index (χ1) is 9.68. The van der Waals surface area contributed by atoms with Crippen molar-refractivity contribution in [1.82, 2.24) is 10.2 Å². The second-order valence-electron chi connectivity index (χ2n) is 6.38. The molecule has 0 aromatic heterocycles. The van der Waals surface area contributed by atoms with Crippen LogP contribution in [0.5, 0.6) is 0 Å². The minimum Gasteiger partial charge on any atom is -0.322 e.